The summed E-state index contributed by atoms with van der Waals surface area (Å²) in [4.78, 5) is 25.9. The summed E-state index contributed by atoms with van der Waals surface area (Å²) < 4.78 is 0. The van der Waals surface area contributed by atoms with Crippen LogP contribution in [-0.2, 0) is 4.79 Å². The van der Waals surface area contributed by atoms with Gasteiger partial charge in [0.1, 0.15) is 5.41 Å². The van der Waals surface area contributed by atoms with E-state index in [1.54, 1.807) is 16.7 Å². The molecule has 2 aliphatic heterocycles. The fourth-order valence-corrected chi connectivity index (χ4v) is 2.12. The minimum atomic E-state index is -0.816. The number of rotatable bonds is 1. The molecular weight excluding hydrogens is 196 g/mol. The highest BCUT2D eigenvalue weighted by molar-refractivity contribution is 5.82. The van der Waals surface area contributed by atoms with Gasteiger partial charge in [0.2, 0.25) is 0 Å². The lowest BCUT2D eigenvalue weighted by molar-refractivity contribution is -0.156. The quantitative estimate of drug-likeness (QED) is 0.687. The molecule has 0 radical (unpaired) electrons. The van der Waals surface area contributed by atoms with Crippen molar-refractivity contribution >= 4 is 12.0 Å². The van der Waals surface area contributed by atoms with E-state index in [1.807, 2.05) is 0 Å². The molecule has 15 heavy (non-hydrogen) atoms. The van der Waals surface area contributed by atoms with Crippen LogP contribution < -0.4 is 0 Å². The van der Waals surface area contributed by atoms with Crippen molar-refractivity contribution in [2.45, 2.75) is 13.8 Å². The second kappa shape index (κ2) is 3.12. The highest BCUT2D eigenvalue weighted by atomic mass is 16.4. The molecule has 0 spiro atoms. The summed E-state index contributed by atoms with van der Waals surface area (Å²) in [6.45, 7) is 6.06. The van der Waals surface area contributed by atoms with Crippen LogP contribution in [0.2, 0.25) is 0 Å². The first-order chi connectivity index (χ1) is 6.92. The average molecular weight is 212 g/mol. The third kappa shape index (κ3) is 1.56. The van der Waals surface area contributed by atoms with Crippen LogP contribution in [0, 0.1) is 11.3 Å². The lowest BCUT2D eigenvalue weighted by atomic mass is 9.82. The predicted octanol–water partition coefficient (Wildman–Crippen LogP) is 0.465. The van der Waals surface area contributed by atoms with Crippen LogP contribution in [0.5, 0.6) is 0 Å². The van der Waals surface area contributed by atoms with E-state index in [0.29, 0.717) is 19.0 Å². The van der Waals surface area contributed by atoms with Crippen LogP contribution in [0.3, 0.4) is 0 Å². The van der Waals surface area contributed by atoms with E-state index in [1.165, 1.54) is 0 Å². The minimum Gasteiger partial charge on any atom is -0.481 e. The Morgan fingerprint density at radius 1 is 1.27 bits per heavy atom. The first-order valence-electron chi connectivity index (χ1n) is 5.19. The maximum atomic E-state index is 11.7. The molecule has 2 aliphatic rings. The number of hydrogen-bond donors (Lipinski definition) is 1. The molecule has 1 N–H and O–H groups in total. The van der Waals surface area contributed by atoms with Gasteiger partial charge in [-0.25, -0.2) is 4.79 Å². The summed E-state index contributed by atoms with van der Waals surface area (Å²) in [6, 6.07) is -0.00757. The van der Waals surface area contributed by atoms with Gasteiger partial charge in [0, 0.05) is 26.2 Å². The van der Waals surface area contributed by atoms with Crippen molar-refractivity contribution in [2.24, 2.45) is 11.3 Å². The molecule has 0 aliphatic carbocycles. The van der Waals surface area contributed by atoms with Crippen LogP contribution in [0.15, 0.2) is 0 Å². The first kappa shape index (κ1) is 10.3. The van der Waals surface area contributed by atoms with Crippen LogP contribution in [0.1, 0.15) is 13.8 Å². The number of aliphatic carboxylic acids is 1. The van der Waals surface area contributed by atoms with E-state index in [4.69, 9.17) is 5.11 Å². The number of urea groups is 1. The van der Waals surface area contributed by atoms with Crippen molar-refractivity contribution in [3.8, 4) is 0 Å². The normalized spacial score (nSPS) is 24.4. The Morgan fingerprint density at radius 2 is 1.80 bits per heavy atom. The van der Waals surface area contributed by atoms with Gasteiger partial charge in [0.05, 0.1) is 0 Å². The van der Waals surface area contributed by atoms with Gasteiger partial charge in [-0.3, -0.25) is 4.79 Å². The summed E-state index contributed by atoms with van der Waals surface area (Å²) in [5.74, 6) is -0.232. The predicted molar refractivity (Wildman–Crippen MR) is 53.4 cm³/mol. The number of hydrogen-bond acceptors (Lipinski definition) is 2. The number of amides is 2. The van der Waals surface area contributed by atoms with Gasteiger partial charge >= 0.3 is 12.0 Å². The van der Waals surface area contributed by atoms with Gasteiger partial charge in [-0.2, -0.15) is 0 Å². The Kier molecular flexibility index (Phi) is 2.13. The summed E-state index contributed by atoms with van der Waals surface area (Å²) >= 11 is 0. The van der Waals surface area contributed by atoms with E-state index in [0.717, 1.165) is 13.1 Å². The summed E-state index contributed by atoms with van der Waals surface area (Å²) in [5, 5.41) is 8.89. The molecule has 2 fully saturated rings. The zero-order chi connectivity index (χ0) is 11.2. The monoisotopic (exact) mass is 212 g/mol. The average Bonchev–Trinajstić information content (AvgIpc) is 2.06. The molecule has 2 amide bonds. The maximum absolute atomic E-state index is 11.7. The lowest BCUT2D eigenvalue weighted by Gasteiger charge is -2.49. The van der Waals surface area contributed by atoms with Gasteiger partial charge < -0.3 is 14.9 Å². The summed E-state index contributed by atoms with van der Waals surface area (Å²) in [7, 11) is 0. The zero-order valence-electron chi connectivity index (χ0n) is 9.06. The van der Waals surface area contributed by atoms with Crippen LogP contribution in [0.4, 0.5) is 4.79 Å². The third-order valence-electron chi connectivity index (χ3n) is 3.20. The van der Waals surface area contributed by atoms with Crippen molar-refractivity contribution in [3.63, 3.8) is 0 Å². The van der Waals surface area contributed by atoms with Crippen LogP contribution >= 0.6 is 0 Å². The first-order valence-corrected chi connectivity index (χ1v) is 5.19. The van der Waals surface area contributed by atoms with Gasteiger partial charge in [0.25, 0.3) is 0 Å². The fourth-order valence-electron chi connectivity index (χ4n) is 2.12. The molecule has 0 saturated carbocycles. The molecule has 0 aromatic heterocycles. The number of carbonyl (C=O) groups is 2. The van der Waals surface area contributed by atoms with Gasteiger partial charge in [0.15, 0.2) is 0 Å². The molecule has 0 bridgehead atoms. The molecule has 84 valence electrons. The van der Waals surface area contributed by atoms with Crippen molar-refractivity contribution < 1.29 is 14.7 Å². The number of carboxylic acids is 1. The lowest BCUT2D eigenvalue weighted by Crippen LogP contribution is -2.65. The summed E-state index contributed by atoms with van der Waals surface area (Å²) in [6.07, 6.45) is 0. The summed E-state index contributed by atoms with van der Waals surface area (Å²) in [5.41, 5.74) is -0.730. The Morgan fingerprint density at radius 3 is 2.20 bits per heavy atom. The highest BCUT2D eigenvalue weighted by Gasteiger charge is 2.49. The van der Waals surface area contributed by atoms with Crippen molar-refractivity contribution in [3.05, 3.63) is 0 Å². The minimum absolute atomic E-state index is 0.00757. The molecule has 5 nitrogen and oxygen atoms in total. The fraction of sp³-hybridized carbons (Fsp3) is 0.800. The molecule has 0 atom stereocenters. The van der Waals surface area contributed by atoms with E-state index in [9.17, 15) is 9.59 Å². The van der Waals surface area contributed by atoms with Gasteiger partial charge in [-0.15, -0.1) is 0 Å². The number of nitrogens with zero attached hydrogens (tertiary/aromatic N) is 2. The second-order valence-corrected chi connectivity index (χ2v) is 5.01. The van der Waals surface area contributed by atoms with Crippen molar-refractivity contribution in [1.82, 2.24) is 9.80 Å². The standard InChI is InChI=1S/C10H16N2O3/c1-7-3-11(4-7)9(15)12-5-10(2,6-12)8(13)14/h7H,3-6H2,1-2H3,(H,13,14). The Labute approximate surface area is 88.6 Å². The molecule has 2 rings (SSSR count). The molecule has 0 aromatic rings. The second-order valence-electron chi connectivity index (χ2n) is 5.01. The topological polar surface area (TPSA) is 60.9 Å². The highest BCUT2D eigenvalue weighted by Crippen LogP contribution is 2.31. The molecular formula is C10H16N2O3. The maximum Gasteiger partial charge on any atom is 0.320 e. The van der Waals surface area contributed by atoms with E-state index >= 15 is 0 Å². The van der Waals surface area contributed by atoms with E-state index in [-0.39, 0.29) is 6.03 Å². The molecule has 0 aromatic carbocycles. The van der Waals surface area contributed by atoms with E-state index in [2.05, 4.69) is 6.92 Å². The number of likely N-dealkylation sites (tertiary alicyclic amines) is 2. The number of carboxylic acid groups (broad SMARTS) is 1. The molecule has 5 heteroatoms. The van der Waals surface area contributed by atoms with Crippen LogP contribution in [0.25, 0.3) is 0 Å². The van der Waals surface area contributed by atoms with Crippen LogP contribution in [-0.4, -0.2) is 53.1 Å². The molecule has 2 saturated heterocycles. The van der Waals surface area contributed by atoms with E-state index < -0.39 is 11.4 Å². The largest absolute Gasteiger partial charge is 0.481 e. The SMILES string of the molecule is CC1CN(C(=O)N2CC(C)(C(=O)O)C2)C1. The smallest absolute Gasteiger partial charge is 0.320 e. The zero-order valence-corrected chi connectivity index (χ0v) is 9.06. The van der Waals surface area contributed by atoms with Gasteiger partial charge in [-0.1, -0.05) is 6.92 Å². The molecule has 2 heterocycles. The Hall–Kier alpha value is -1.26. The Balaban J connectivity index is 1.84. The third-order valence-corrected chi connectivity index (χ3v) is 3.20. The van der Waals surface area contributed by atoms with Crippen molar-refractivity contribution in [2.75, 3.05) is 26.2 Å². The van der Waals surface area contributed by atoms with Gasteiger partial charge in [-0.05, 0) is 12.8 Å². The Bertz CT molecular complexity index is 304. The number of carbonyl (C=O) groups excluding carboxylic acids is 1. The molecule has 0 unspecified atom stereocenters. The van der Waals surface area contributed by atoms with Crippen molar-refractivity contribution in [1.29, 1.82) is 0 Å².